The first-order chi connectivity index (χ1) is 17.0. The van der Waals surface area contributed by atoms with Crippen LogP contribution in [0.4, 0.5) is 0 Å². The lowest BCUT2D eigenvalue weighted by Crippen LogP contribution is -2.54. The summed E-state index contributed by atoms with van der Waals surface area (Å²) in [5, 5.41) is 9.73. The largest absolute Gasteiger partial charge is 0.481 e. The van der Waals surface area contributed by atoms with Crippen LogP contribution in [0.5, 0.6) is 0 Å². The number of hydrogen-bond acceptors (Lipinski definition) is 7. The van der Waals surface area contributed by atoms with Crippen LogP contribution < -0.4 is 5.32 Å². The molecule has 0 unspecified atom stereocenters. The molecule has 0 aliphatic heterocycles. The number of carboxylic acids is 1. The highest BCUT2D eigenvalue weighted by Gasteiger charge is 2.52. The zero-order valence-electron chi connectivity index (χ0n) is 20.3. The third kappa shape index (κ3) is 8.57. The minimum atomic E-state index is -5.22. The first-order valence-electron chi connectivity index (χ1n) is 11.5. The second-order valence-electron chi connectivity index (χ2n) is 8.25. The summed E-state index contributed by atoms with van der Waals surface area (Å²) in [6, 6.07) is 15.9. The number of carbonyl (C=O) groups excluding carboxylic acids is 2. The molecule has 0 spiro atoms. The van der Waals surface area contributed by atoms with E-state index in [1.807, 2.05) is 42.5 Å². The highest BCUT2D eigenvalue weighted by atomic mass is 31.2. The molecule has 0 aliphatic rings. The topological polar surface area (TPSA) is 159 Å². The fourth-order valence-electron chi connectivity index (χ4n) is 3.87. The number of esters is 2. The average molecular weight is 522 g/mol. The highest BCUT2D eigenvalue weighted by Crippen LogP contribution is 2.53. The van der Waals surface area contributed by atoms with Crippen LogP contribution in [0.2, 0.25) is 0 Å². The molecule has 0 heterocycles. The van der Waals surface area contributed by atoms with Crippen molar-refractivity contribution in [3.63, 3.8) is 0 Å². The van der Waals surface area contributed by atoms with Crippen molar-refractivity contribution in [1.29, 1.82) is 0 Å². The molecule has 36 heavy (non-hydrogen) atoms. The van der Waals surface area contributed by atoms with Crippen LogP contribution in [0.25, 0.3) is 11.1 Å². The molecule has 2 aromatic rings. The van der Waals surface area contributed by atoms with E-state index in [0.717, 1.165) is 11.1 Å². The number of hydrogen-bond donors (Lipinski definition) is 4. The van der Waals surface area contributed by atoms with Crippen molar-refractivity contribution >= 4 is 25.5 Å². The van der Waals surface area contributed by atoms with Gasteiger partial charge in [0.05, 0.1) is 32.5 Å². The molecular formula is C25H32NO9P. The molecule has 0 amide bonds. The number of carboxylic acid groups (broad SMARTS) is 1. The molecule has 10 nitrogen and oxygen atoms in total. The van der Waals surface area contributed by atoms with E-state index in [1.165, 1.54) is 13.8 Å². The molecule has 0 saturated carbocycles. The molecular weight excluding hydrogens is 489 g/mol. The van der Waals surface area contributed by atoms with Gasteiger partial charge in [0.15, 0.2) is 0 Å². The highest BCUT2D eigenvalue weighted by molar-refractivity contribution is 7.53. The van der Waals surface area contributed by atoms with Crippen molar-refractivity contribution in [3.8, 4) is 11.1 Å². The van der Waals surface area contributed by atoms with Crippen LogP contribution in [0, 0.1) is 0 Å². The first-order valence-corrected chi connectivity index (χ1v) is 13.1. The molecule has 196 valence electrons. The van der Waals surface area contributed by atoms with E-state index in [2.05, 4.69) is 5.32 Å². The van der Waals surface area contributed by atoms with Crippen LogP contribution >= 0.6 is 7.60 Å². The number of nitrogens with one attached hydrogen (secondary N) is 1. The number of rotatable bonds is 14. The Hall–Kier alpha value is -3.04. The Morgan fingerprint density at radius 2 is 1.39 bits per heavy atom. The molecule has 0 fully saturated rings. The predicted octanol–water partition coefficient (Wildman–Crippen LogP) is 3.11. The van der Waals surface area contributed by atoms with E-state index < -0.39 is 56.1 Å². The van der Waals surface area contributed by atoms with Gasteiger partial charge >= 0.3 is 25.5 Å². The van der Waals surface area contributed by atoms with E-state index in [0.29, 0.717) is 5.56 Å². The summed E-state index contributed by atoms with van der Waals surface area (Å²) >= 11 is 0. The van der Waals surface area contributed by atoms with Gasteiger partial charge in [0, 0.05) is 6.04 Å². The fraction of sp³-hybridized carbons (Fsp3) is 0.400. The molecule has 1 atom stereocenters. The van der Waals surface area contributed by atoms with Crippen LogP contribution in [-0.2, 0) is 34.8 Å². The third-order valence-corrected chi connectivity index (χ3v) is 7.04. The van der Waals surface area contributed by atoms with E-state index in [1.54, 1.807) is 12.1 Å². The first kappa shape index (κ1) is 29.2. The number of aliphatic carboxylic acids is 1. The maximum Gasteiger partial charge on any atom is 0.346 e. The van der Waals surface area contributed by atoms with Crippen molar-refractivity contribution in [2.24, 2.45) is 0 Å². The summed E-state index contributed by atoms with van der Waals surface area (Å²) in [4.78, 5) is 56.7. The number of benzene rings is 2. The Morgan fingerprint density at radius 3 is 1.83 bits per heavy atom. The standard InChI is InChI=1S/C25H32NO9P/c1-3-34-23(29)16-25(36(31,32)33,17-24(30)35-4-2)26-21(15-22(27)28)14-18-10-12-20(13-11-18)19-8-6-5-7-9-19/h5-13,21,26H,3-4,14-17H2,1-2H3,(H,27,28)(H2,31,32,33)/t21-/m0/s1. The van der Waals surface area contributed by atoms with Gasteiger partial charge in [-0.25, -0.2) is 0 Å². The van der Waals surface area contributed by atoms with Crippen molar-refractivity contribution in [2.45, 2.75) is 50.9 Å². The average Bonchev–Trinajstić information content (AvgIpc) is 2.79. The Bertz CT molecular complexity index is 1050. The van der Waals surface area contributed by atoms with Crippen molar-refractivity contribution < 1.29 is 43.3 Å². The van der Waals surface area contributed by atoms with Crippen LogP contribution in [0.3, 0.4) is 0 Å². The summed E-state index contributed by atoms with van der Waals surface area (Å²) in [6.07, 6.45) is -2.16. The lowest BCUT2D eigenvalue weighted by Gasteiger charge is -2.37. The van der Waals surface area contributed by atoms with Gasteiger partial charge in [-0.2, -0.15) is 0 Å². The maximum absolute atomic E-state index is 12.7. The number of ether oxygens (including phenoxy) is 2. The second-order valence-corrected chi connectivity index (χ2v) is 10.2. The van der Waals surface area contributed by atoms with Gasteiger partial charge in [-0.15, -0.1) is 0 Å². The Labute approximate surface area is 209 Å². The number of carbonyl (C=O) groups is 3. The minimum Gasteiger partial charge on any atom is -0.481 e. The molecule has 0 saturated heterocycles. The summed E-state index contributed by atoms with van der Waals surface area (Å²) in [7, 11) is -5.22. The van der Waals surface area contributed by atoms with Crippen molar-refractivity contribution in [2.75, 3.05) is 13.2 Å². The fourth-order valence-corrected chi connectivity index (χ4v) is 4.89. The normalized spacial score (nSPS) is 12.6. The van der Waals surface area contributed by atoms with Crippen molar-refractivity contribution in [3.05, 3.63) is 60.2 Å². The molecule has 0 aliphatic carbocycles. The lowest BCUT2D eigenvalue weighted by atomic mass is 9.98. The summed E-state index contributed by atoms with van der Waals surface area (Å²) < 4.78 is 22.4. The molecule has 0 aromatic heterocycles. The van der Waals surface area contributed by atoms with Gasteiger partial charge in [0.1, 0.15) is 5.28 Å². The smallest absolute Gasteiger partial charge is 0.346 e. The van der Waals surface area contributed by atoms with E-state index in [4.69, 9.17) is 9.47 Å². The van der Waals surface area contributed by atoms with Gasteiger partial charge in [0.25, 0.3) is 0 Å². The molecule has 0 bridgehead atoms. The monoisotopic (exact) mass is 521 g/mol. The molecule has 2 rings (SSSR count). The lowest BCUT2D eigenvalue weighted by molar-refractivity contribution is -0.147. The van der Waals surface area contributed by atoms with Gasteiger partial charge in [-0.05, 0) is 37.0 Å². The van der Waals surface area contributed by atoms with Crippen molar-refractivity contribution in [1.82, 2.24) is 5.32 Å². The summed E-state index contributed by atoms with van der Waals surface area (Å²) in [5.41, 5.74) is 2.63. The van der Waals surface area contributed by atoms with Gasteiger partial charge < -0.3 is 24.4 Å². The van der Waals surface area contributed by atoms with E-state index in [-0.39, 0.29) is 19.6 Å². The summed E-state index contributed by atoms with van der Waals surface area (Å²) in [6.45, 7) is 2.98. The molecule has 11 heteroatoms. The molecule has 2 aromatic carbocycles. The SMILES string of the molecule is CCOC(=O)CC(CC(=O)OCC)(N[C@H](CC(=O)O)Cc1ccc(-c2ccccc2)cc1)P(=O)(O)O. The zero-order valence-corrected chi connectivity index (χ0v) is 21.1. The summed E-state index contributed by atoms with van der Waals surface area (Å²) in [5.74, 6) is -3.11. The van der Waals surface area contributed by atoms with Gasteiger partial charge in [-0.1, -0.05) is 54.6 Å². The Balaban J connectivity index is 2.39. The van der Waals surface area contributed by atoms with E-state index >= 15 is 0 Å². The second kappa shape index (κ2) is 13.3. The van der Waals surface area contributed by atoms with Crippen LogP contribution in [0.15, 0.2) is 54.6 Å². The molecule has 0 radical (unpaired) electrons. The Kier molecular flexibility index (Phi) is 10.8. The van der Waals surface area contributed by atoms with Gasteiger partial charge in [0.2, 0.25) is 0 Å². The van der Waals surface area contributed by atoms with E-state index in [9.17, 15) is 33.8 Å². The quantitative estimate of drug-likeness (QED) is 0.215. The molecule has 4 N–H and O–H groups in total. The van der Waals surface area contributed by atoms with Crippen LogP contribution in [-0.4, -0.2) is 57.3 Å². The van der Waals surface area contributed by atoms with Crippen LogP contribution in [0.1, 0.15) is 38.7 Å². The minimum absolute atomic E-state index is 0.0399. The zero-order chi connectivity index (χ0) is 26.8. The Morgan fingerprint density at radius 1 is 0.889 bits per heavy atom. The van der Waals surface area contributed by atoms with Gasteiger partial charge in [-0.3, -0.25) is 24.3 Å². The third-order valence-electron chi connectivity index (χ3n) is 5.48. The predicted molar refractivity (Wildman–Crippen MR) is 132 cm³/mol. The maximum atomic E-state index is 12.7.